The van der Waals surface area contributed by atoms with Gasteiger partial charge in [0.25, 0.3) is 0 Å². The fraction of sp³-hybridized carbons (Fsp3) is 0.259. The van der Waals surface area contributed by atoms with Gasteiger partial charge in [-0.3, -0.25) is 0 Å². The second-order valence-corrected chi connectivity index (χ2v) is 7.94. The van der Waals surface area contributed by atoms with Gasteiger partial charge in [-0.25, -0.2) is 0 Å². The van der Waals surface area contributed by atoms with Gasteiger partial charge in [0.05, 0.1) is 5.70 Å². The lowest BCUT2D eigenvalue weighted by Crippen LogP contribution is -2.14. The predicted octanol–water partition coefficient (Wildman–Crippen LogP) is 6.60. The van der Waals surface area contributed by atoms with Crippen molar-refractivity contribution in [2.75, 3.05) is 7.05 Å². The van der Waals surface area contributed by atoms with Gasteiger partial charge < -0.3 is 10.1 Å². The molecule has 1 aliphatic rings. The Bertz CT molecular complexity index is 976. The summed E-state index contributed by atoms with van der Waals surface area (Å²) in [6, 6.07) is 16.6. The fourth-order valence-corrected chi connectivity index (χ4v) is 3.62. The van der Waals surface area contributed by atoms with Gasteiger partial charge in [-0.2, -0.15) is 0 Å². The summed E-state index contributed by atoms with van der Waals surface area (Å²) in [6.07, 6.45) is 8.27. The Hall–Kier alpha value is -3.00. The highest BCUT2D eigenvalue weighted by Gasteiger charge is 2.17. The summed E-state index contributed by atoms with van der Waals surface area (Å²) >= 11 is 0. The Morgan fingerprint density at radius 2 is 1.83 bits per heavy atom. The third-order valence-corrected chi connectivity index (χ3v) is 5.22. The van der Waals surface area contributed by atoms with Crippen molar-refractivity contribution in [3.63, 3.8) is 0 Å². The van der Waals surface area contributed by atoms with Gasteiger partial charge in [0.15, 0.2) is 0 Å². The van der Waals surface area contributed by atoms with Crippen LogP contribution in [0.5, 0.6) is 5.75 Å². The minimum atomic E-state index is 0.545. The molecule has 0 fully saturated rings. The molecule has 0 bridgehead atoms. The molecular weight excluding hydrogens is 354 g/mol. The van der Waals surface area contributed by atoms with Crippen LogP contribution in [0, 0.1) is 12.8 Å². The maximum absolute atomic E-state index is 6.02. The van der Waals surface area contributed by atoms with E-state index in [-0.39, 0.29) is 0 Å². The van der Waals surface area contributed by atoms with Crippen LogP contribution in [0.25, 0.3) is 5.57 Å². The summed E-state index contributed by atoms with van der Waals surface area (Å²) in [6.45, 7) is 11.0. The van der Waals surface area contributed by atoms with Crippen molar-refractivity contribution in [3.05, 3.63) is 107 Å². The van der Waals surface area contributed by atoms with E-state index >= 15 is 0 Å². The highest BCUT2D eigenvalue weighted by molar-refractivity contribution is 5.79. The molecule has 1 aliphatic heterocycles. The first-order chi connectivity index (χ1) is 14.0. The highest BCUT2D eigenvalue weighted by Crippen LogP contribution is 2.34. The van der Waals surface area contributed by atoms with Crippen LogP contribution in [0.4, 0.5) is 0 Å². The number of likely N-dealkylation sites (N-methyl/N-ethyl adjacent to an activating group) is 1. The molecular formula is C27H31NO. The molecule has 0 radical (unpaired) electrons. The maximum atomic E-state index is 6.02. The van der Waals surface area contributed by atoms with Crippen molar-refractivity contribution in [1.29, 1.82) is 0 Å². The number of rotatable bonds is 6. The first-order valence-corrected chi connectivity index (χ1v) is 10.3. The van der Waals surface area contributed by atoms with Crippen molar-refractivity contribution >= 4 is 5.57 Å². The van der Waals surface area contributed by atoms with E-state index in [9.17, 15) is 0 Å². The predicted molar refractivity (Wildman–Crippen MR) is 124 cm³/mol. The monoisotopic (exact) mass is 385 g/mol. The van der Waals surface area contributed by atoms with E-state index in [1.165, 1.54) is 16.7 Å². The number of hydrogen-bond acceptors (Lipinski definition) is 2. The first kappa shape index (κ1) is 20.7. The molecule has 2 nitrogen and oxygen atoms in total. The number of allylic oxidation sites excluding steroid dienone is 4. The molecule has 2 heteroatoms. The Kier molecular flexibility index (Phi) is 6.77. The van der Waals surface area contributed by atoms with Crippen LogP contribution in [0.3, 0.4) is 0 Å². The number of benzene rings is 2. The van der Waals surface area contributed by atoms with E-state index in [4.69, 9.17) is 4.74 Å². The molecule has 29 heavy (non-hydrogen) atoms. The van der Waals surface area contributed by atoms with Crippen LogP contribution in [-0.4, -0.2) is 7.05 Å². The summed E-state index contributed by atoms with van der Waals surface area (Å²) in [7, 11) is 1.94. The molecule has 0 saturated carbocycles. The van der Waals surface area contributed by atoms with E-state index in [1.54, 1.807) is 0 Å². The first-order valence-electron chi connectivity index (χ1n) is 10.3. The quantitative estimate of drug-likeness (QED) is 0.604. The lowest BCUT2D eigenvalue weighted by atomic mass is 9.89. The van der Waals surface area contributed by atoms with Crippen molar-refractivity contribution in [1.82, 2.24) is 5.32 Å². The molecule has 0 spiro atoms. The fourth-order valence-electron chi connectivity index (χ4n) is 3.62. The number of hydrogen-bond donors (Lipinski definition) is 1. The zero-order chi connectivity index (χ0) is 20.8. The Balaban J connectivity index is 2.05. The van der Waals surface area contributed by atoms with Gasteiger partial charge in [0.1, 0.15) is 12.0 Å². The third kappa shape index (κ3) is 5.08. The minimum absolute atomic E-state index is 0.545. The number of ether oxygens (including phenoxy) is 1. The van der Waals surface area contributed by atoms with E-state index in [2.05, 4.69) is 75.2 Å². The smallest absolute Gasteiger partial charge is 0.134 e. The van der Waals surface area contributed by atoms with E-state index in [0.717, 1.165) is 41.0 Å². The summed E-state index contributed by atoms with van der Waals surface area (Å²) in [5, 5.41) is 3.32. The van der Waals surface area contributed by atoms with Crippen molar-refractivity contribution < 1.29 is 4.74 Å². The van der Waals surface area contributed by atoms with Crippen LogP contribution in [0.2, 0.25) is 0 Å². The van der Waals surface area contributed by atoms with Crippen molar-refractivity contribution in [2.24, 2.45) is 5.92 Å². The zero-order valence-corrected chi connectivity index (χ0v) is 18.0. The van der Waals surface area contributed by atoms with Gasteiger partial charge in [-0.1, -0.05) is 69.0 Å². The average molecular weight is 386 g/mol. The van der Waals surface area contributed by atoms with Crippen LogP contribution < -0.4 is 10.1 Å². The van der Waals surface area contributed by atoms with Crippen LogP contribution in [-0.2, 0) is 6.42 Å². The minimum Gasteiger partial charge on any atom is -0.462 e. The molecule has 2 aromatic rings. The second-order valence-electron chi connectivity index (χ2n) is 7.94. The zero-order valence-electron chi connectivity index (χ0n) is 18.0. The van der Waals surface area contributed by atoms with Gasteiger partial charge >= 0.3 is 0 Å². The standard InChI is InChI=1S/C27H31NO/c1-19(2)16-23(15-14-22-11-7-6-10-20(22)3)25-17-21(4)24-12-8-9-13-27(24)29-18-26(25)28-5/h6-13,15,17-19,28H,4,14,16H2,1-3,5H3/b23-15-,25-17-,26-18+. The summed E-state index contributed by atoms with van der Waals surface area (Å²) in [4.78, 5) is 0. The van der Waals surface area contributed by atoms with Crippen molar-refractivity contribution in [3.8, 4) is 5.75 Å². The lowest BCUT2D eigenvalue weighted by molar-refractivity contribution is 0.470. The van der Waals surface area contributed by atoms with Crippen LogP contribution >= 0.6 is 0 Å². The van der Waals surface area contributed by atoms with E-state index in [0.29, 0.717) is 5.92 Å². The molecule has 3 rings (SSSR count). The summed E-state index contributed by atoms with van der Waals surface area (Å²) < 4.78 is 6.02. The molecule has 1 N–H and O–H groups in total. The Labute approximate surface area is 175 Å². The molecule has 150 valence electrons. The SMILES string of the molecule is C=C1/C=C(C(=C\Cc2ccccc2C)/CC(C)C)\C(NC)=C/Oc2ccccc21. The Morgan fingerprint density at radius 3 is 2.55 bits per heavy atom. The maximum Gasteiger partial charge on any atom is 0.134 e. The molecule has 2 aromatic carbocycles. The average Bonchev–Trinajstić information content (AvgIpc) is 2.70. The summed E-state index contributed by atoms with van der Waals surface area (Å²) in [5.41, 5.74) is 8.10. The lowest BCUT2D eigenvalue weighted by Gasteiger charge is -2.21. The van der Waals surface area contributed by atoms with Crippen LogP contribution in [0.15, 0.2) is 90.4 Å². The largest absolute Gasteiger partial charge is 0.462 e. The number of nitrogens with one attached hydrogen (secondary N) is 1. The number of fused-ring (bicyclic) bond motifs is 1. The molecule has 0 unspecified atom stereocenters. The van der Waals surface area contributed by atoms with Gasteiger partial charge in [-0.15, -0.1) is 0 Å². The number of para-hydroxylation sites is 1. The van der Waals surface area contributed by atoms with E-state index < -0.39 is 0 Å². The van der Waals surface area contributed by atoms with Gasteiger partial charge in [-0.05, 0) is 60.1 Å². The van der Waals surface area contributed by atoms with E-state index in [1.807, 2.05) is 31.5 Å². The van der Waals surface area contributed by atoms with Crippen molar-refractivity contribution in [2.45, 2.75) is 33.6 Å². The Morgan fingerprint density at radius 1 is 1.10 bits per heavy atom. The topological polar surface area (TPSA) is 21.3 Å². The van der Waals surface area contributed by atoms with Crippen LogP contribution in [0.1, 0.15) is 37.0 Å². The molecule has 0 saturated heterocycles. The summed E-state index contributed by atoms with van der Waals surface area (Å²) in [5.74, 6) is 1.37. The normalized spacial score (nSPS) is 18.0. The molecule has 0 amide bonds. The molecule has 0 aliphatic carbocycles. The molecule has 0 aromatic heterocycles. The highest BCUT2D eigenvalue weighted by atomic mass is 16.5. The second kappa shape index (κ2) is 9.47. The number of aryl methyl sites for hydroxylation is 1. The van der Waals surface area contributed by atoms with Gasteiger partial charge in [0, 0.05) is 18.2 Å². The molecule has 0 atom stereocenters. The molecule has 1 heterocycles. The van der Waals surface area contributed by atoms with Gasteiger partial charge in [0.2, 0.25) is 0 Å². The third-order valence-electron chi connectivity index (χ3n) is 5.22.